The van der Waals surface area contributed by atoms with Gasteiger partial charge in [0.1, 0.15) is 58.4 Å². The van der Waals surface area contributed by atoms with Crippen molar-refractivity contribution in [2.75, 3.05) is 13.7 Å². The SMILES string of the molecule is COc1cc(O[C@H]2O[C@@H](CO)[C@H](O)[C@@H](O)[C@@H]2O)c2c(=O)cc(-c3ccc(O)cc3)oc2c1. The highest BCUT2D eigenvalue weighted by Gasteiger charge is 2.45. The van der Waals surface area contributed by atoms with E-state index < -0.39 is 42.7 Å². The van der Waals surface area contributed by atoms with E-state index in [0.29, 0.717) is 5.56 Å². The highest BCUT2D eigenvalue weighted by molar-refractivity contribution is 5.86. The lowest BCUT2D eigenvalue weighted by atomic mass is 9.99. The third-order valence-corrected chi connectivity index (χ3v) is 5.25. The van der Waals surface area contributed by atoms with Crippen LogP contribution in [-0.2, 0) is 4.74 Å². The Morgan fingerprint density at radius 1 is 1.00 bits per heavy atom. The number of benzene rings is 2. The number of phenols is 1. The Labute approximate surface area is 181 Å². The van der Waals surface area contributed by atoms with Gasteiger partial charge in [0.15, 0.2) is 5.43 Å². The fraction of sp³-hybridized carbons (Fsp3) is 0.318. The molecule has 0 unspecified atom stereocenters. The van der Waals surface area contributed by atoms with Gasteiger partial charge in [0.2, 0.25) is 6.29 Å². The minimum absolute atomic E-state index is 0.0327. The predicted octanol–water partition coefficient (Wildman–Crippen LogP) is 0.353. The van der Waals surface area contributed by atoms with Crippen molar-refractivity contribution in [3.05, 3.63) is 52.7 Å². The molecular formula is C22H22O10. The maximum atomic E-state index is 13.0. The van der Waals surface area contributed by atoms with Gasteiger partial charge >= 0.3 is 0 Å². The molecular weight excluding hydrogens is 424 g/mol. The molecule has 0 bridgehead atoms. The third kappa shape index (κ3) is 4.01. The Bertz CT molecular complexity index is 1150. The average molecular weight is 446 g/mol. The average Bonchev–Trinajstić information content (AvgIpc) is 2.79. The van der Waals surface area contributed by atoms with Crippen LogP contribution in [0.3, 0.4) is 0 Å². The molecule has 10 nitrogen and oxygen atoms in total. The number of hydrogen-bond acceptors (Lipinski definition) is 10. The van der Waals surface area contributed by atoms with Gasteiger partial charge in [-0.2, -0.15) is 0 Å². The van der Waals surface area contributed by atoms with E-state index in [9.17, 15) is 30.3 Å². The molecule has 1 saturated heterocycles. The third-order valence-electron chi connectivity index (χ3n) is 5.25. The van der Waals surface area contributed by atoms with E-state index in [0.717, 1.165) is 0 Å². The first kappa shape index (κ1) is 22.1. The second-order valence-corrected chi connectivity index (χ2v) is 7.34. The van der Waals surface area contributed by atoms with Gasteiger partial charge < -0.3 is 44.2 Å². The van der Waals surface area contributed by atoms with E-state index in [-0.39, 0.29) is 34.0 Å². The molecule has 2 aromatic carbocycles. The summed E-state index contributed by atoms with van der Waals surface area (Å²) < 4.78 is 22.2. The van der Waals surface area contributed by atoms with Gasteiger partial charge in [0, 0.05) is 23.8 Å². The highest BCUT2D eigenvalue weighted by Crippen LogP contribution is 2.34. The van der Waals surface area contributed by atoms with Gasteiger partial charge in [-0.1, -0.05) is 0 Å². The number of phenolic OH excluding ortho intramolecular Hbond substituents is 1. The summed E-state index contributed by atoms with van der Waals surface area (Å²) in [7, 11) is 1.40. The van der Waals surface area contributed by atoms with Crippen LogP contribution in [-0.4, -0.2) is 70.0 Å². The summed E-state index contributed by atoms with van der Waals surface area (Å²) >= 11 is 0. The monoisotopic (exact) mass is 446 g/mol. The minimum Gasteiger partial charge on any atom is -0.508 e. The highest BCUT2D eigenvalue weighted by atomic mass is 16.7. The molecule has 5 atom stereocenters. The molecule has 32 heavy (non-hydrogen) atoms. The summed E-state index contributed by atoms with van der Waals surface area (Å²) in [5, 5.41) is 49.1. The van der Waals surface area contributed by atoms with Crippen LogP contribution in [0.25, 0.3) is 22.3 Å². The van der Waals surface area contributed by atoms with Crippen LogP contribution in [0.2, 0.25) is 0 Å². The van der Waals surface area contributed by atoms with Crippen molar-refractivity contribution in [3.63, 3.8) is 0 Å². The van der Waals surface area contributed by atoms with Crippen LogP contribution < -0.4 is 14.9 Å². The van der Waals surface area contributed by atoms with Crippen LogP contribution in [0.1, 0.15) is 0 Å². The van der Waals surface area contributed by atoms with E-state index in [2.05, 4.69) is 0 Å². The molecule has 0 saturated carbocycles. The summed E-state index contributed by atoms with van der Waals surface area (Å²) in [6.07, 6.45) is -7.50. The van der Waals surface area contributed by atoms with Crippen LogP contribution in [0, 0.1) is 0 Å². The molecule has 1 aliphatic rings. The second-order valence-electron chi connectivity index (χ2n) is 7.34. The van der Waals surface area contributed by atoms with Crippen LogP contribution in [0.15, 0.2) is 51.7 Å². The largest absolute Gasteiger partial charge is 0.508 e. The fourth-order valence-corrected chi connectivity index (χ4v) is 3.50. The van der Waals surface area contributed by atoms with Crippen LogP contribution >= 0.6 is 0 Å². The number of fused-ring (bicyclic) bond motifs is 1. The van der Waals surface area contributed by atoms with E-state index in [1.54, 1.807) is 12.1 Å². The molecule has 5 N–H and O–H groups in total. The Kier molecular flexibility index (Phi) is 6.04. The van der Waals surface area contributed by atoms with E-state index in [1.807, 2.05) is 0 Å². The standard InChI is InChI=1S/C22H22O10/c1-29-12-6-15-18(13(25)8-14(30-15)10-2-4-11(24)5-3-10)16(7-12)31-22-21(28)20(27)19(26)17(9-23)32-22/h2-8,17,19-24,26-28H,9H2,1H3/t17-,19-,20+,21-,22-/m0/s1. The summed E-state index contributed by atoms with van der Waals surface area (Å²) in [6, 6.07) is 10.2. The smallest absolute Gasteiger partial charge is 0.229 e. The molecule has 10 heteroatoms. The van der Waals surface area contributed by atoms with Crippen molar-refractivity contribution in [2.24, 2.45) is 0 Å². The second kappa shape index (κ2) is 8.77. The zero-order valence-corrected chi connectivity index (χ0v) is 16.9. The molecule has 1 fully saturated rings. The topological polar surface area (TPSA) is 159 Å². The summed E-state index contributed by atoms with van der Waals surface area (Å²) in [4.78, 5) is 13.0. The first-order valence-corrected chi connectivity index (χ1v) is 9.75. The fourth-order valence-electron chi connectivity index (χ4n) is 3.50. The molecule has 0 amide bonds. The van der Waals surface area contributed by atoms with Crippen molar-refractivity contribution in [2.45, 2.75) is 30.7 Å². The summed E-state index contributed by atoms with van der Waals surface area (Å²) in [5.74, 6) is 0.543. The number of aliphatic hydroxyl groups is 4. The van der Waals surface area contributed by atoms with Gasteiger partial charge in [0.05, 0.1) is 13.7 Å². The number of methoxy groups -OCH3 is 1. The van der Waals surface area contributed by atoms with E-state index >= 15 is 0 Å². The molecule has 0 spiro atoms. The predicted molar refractivity (Wildman–Crippen MR) is 111 cm³/mol. The Balaban J connectivity index is 1.77. The van der Waals surface area contributed by atoms with Gasteiger partial charge in [-0.3, -0.25) is 4.79 Å². The molecule has 2 heterocycles. The normalized spacial score (nSPS) is 25.6. The molecule has 1 aliphatic heterocycles. The molecule has 170 valence electrons. The molecule has 0 radical (unpaired) electrons. The lowest BCUT2D eigenvalue weighted by Crippen LogP contribution is -2.60. The van der Waals surface area contributed by atoms with Gasteiger partial charge in [-0.15, -0.1) is 0 Å². The molecule has 0 aliphatic carbocycles. The van der Waals surface area contributed by atoms with Crippen LogP contribution in [0.4, 0.5) is 0 Å². The van der Waals surface area contributed by atoms with E-state index in [1.165, 1.54) is 37.4 Å². The maximum absolute atomic E-state index is 13.0. The summed E-state index contributed by atoms with van der Waals surface area (Å²) in [6.45, 7) is -0.623. The Morgan fingerprint density at radius 3 is 2.38 bits per heavy atom. The number of aliphatic hydroxyl groups excluding tert-OH is 4. The molecule has 4 rings (SSSR count). The zero-order chi connectivity index (χ0) is 23.0. The van der Waals surface area contributed by atoms with Crippen molar-refractivity contribution >= 4 is 11.0 Å². The first-order chi connectivity index (χ1) is 15.3. The van der Waals surface area contributed by atoms with Gasteiger partial charge in [-0.05, 0) is 24.3 Å². The Morgan fingerprint density at radius 2 is 1.72 bits per heavy atom. The van der Waals surface area contributed by atoms with Gasteiger partial charge in [0.25, 0.3) is 0 Å². The van der Waals surface area contributed by atoms with Crippen molar-refractivity contribution < 1.29 is 44.2 Å². The maximum Gasteiger partial charge on any atom is 0.229 e. The number of hydrogen-bond donors (Lipinski definition) is 5. The Hall–Kier alpha value is -3.15. The van der Waals surface area contributed by atoms with Crippen LogP contribution in [0.5, 0.6) is 17.2 Å². The van der Waals surface area contributed by atoms with E-state index in [4.69, 9.17) is 18.6 Å². The molecule has 3 aromatic rings. The lowest BCUT2D eigenvalue weighted by Gasteiger charge is -2.39. The van der Waals surface area contributed by atoms with Crippen molar-refractivity contribution in [1.82, 2.24) is 0 Å². The van der Waals surface area contributed by atoms with Crippen molar-refractivity contribution in [1.29, 1.82) is 0 Å². The zero-order valence-electron chi connectivity index (χ0n) is 16.9. The number of aromatic hydroxyl groups is 1. The quantitative estimate of drug-likeness (QED) is 0.370. The van der Waals surface area contributed by atoms with Crippen molar-refractivity contribution in [3.8, 4) is 28.6 Å². The summed E-state index contributed by atoms with van der Waals surface area (Å²) in [5.41, 5.74) is 0.220. The first-order valence-electron chi connectivity index (χ1n) is 9.75. The minimum atomic E-state index is -1.66. The molecule has 1 aromatic heterocycles. The lowest BCUT2D eigenvalue weighted by molar-refractivity contribution is -0.277. The number of rotatable bonds is 5. The van der Waals surface area contributed by atoms with Gasteiger partial charge in [-0.25, -0.2) is 0 Å². The number of ether oxygens (including phenoxy) is 3.